The predicted molar refractivity (Wildman–Crippen MR) is 143 cm³/mol. The summed E-state index contributed by atoms with van der Waals surface area (Å²) < 4.78 is 17.8. The Morgan fingerprint density at radius 3 is 2.62 bits per heavy atom. The van der Waals surface area contributed by atoms with Gasteiger partial charge in [-0.15, -0.1) is 0 Å². The fourth-order valence-corrected chi connectivity index (χ4v) is 4.81. The van der Waals surface area contributed by atoms with Gasteiger partial charge in [0.05, 0.1) is 25.3 Å². The number of halogens is 1. The van der Waals surface area contributed by atoms with Crippen LogP contribution >= 0.6 is 15.9 Å². The minimum atomic E-state index is -0.920. The number of aliphatic hydroxyl groups is 1. The maximum atomic E-state index is 13.8. The van der Waals surface area contributed by atoms with Gasteiger partial charge in [0.15, 0.2) is 11.5 Å². The fraction of sp³-hybridized carbons (Fsp3) is 0.172. The number of ketones is 1. The summed E-state index contributed by atoms with van der Waals surface area (Å²) in [7, 11) is 1.54. The Kier molecular flexibility index (Phi) is 6.76. The summed E-state index contributed by atoms with van der Waals surface area (Å²) in [5.74, 6) is -0.735. The average molecular weight is 562 g/mol. The van der Waals surface area contributed by atoms with Crippen LogP contribution in [0.25, 0.3) is 11.0 Å². The third kappa shape index (κ3) is 4.60. The molecule has 2 heterocycles. The number of methoxy groups -OCH3 is 1. The molecule has 0 aliphatic carbocycles. The highest BCUT2D eigenvalue weighted by atomic mass is 79.9. The molecule has 0 bridgehead atoms. The Morgan fingerprint density at radius 2 is 1.84 bits per heavy atom. The van der Waals surface area contributed by atoms with E-state index in [0.717, 1.165) is 16.3 Å². The molecule has 188 valence electrons. The molecule has 3 aromatic carbocycles. The molecule has 0 saturated carbocycles. The van der Waals surface area contributed by atoms with Gasteiger partial charge < -0.3 is 19.0 Å². The van der Waals surface area contributed by atoms with Crippen LogP contribution in [0.15, 0.2) is 93.0 Å². The van der Waals surface area contributed by atoms with Gasteiger partial charge in [-0.25, -0.2) is 0 Å². The number of aliphatic hydroxyl groups excluding tert-OH is 1. The van der Waals surface area contributed by atoms with Crippen LogP contribution in [0.4, 0.5) is 5.69 Å². The lowest BCUT2D eigenvalue weighted by molar-refractivity contribution is -0.117. The van der Waals surface area contributed by atoms with Crippen molar-refractivity contribution in [2.24, 2.45) is 0 Å². The molecule has 1 N–H and O–H groups in total. The molecule has 1 aliphatic heterocycles. The van der Waals surface area contributed by atoms with Gasteiger partial charge in [-0.3, -0.25) is 14.5 Å². The lowest BCUT2D eigenvalue weighted by Gasteiger charge is -2.27. The molecule has 7 nitrogen and oxygen atoms in total. The van der Waals surface area contributed by atoms with E-state index in [-0.39, 0.29) is 11.3 Å². The summed E-state index contributed by atoms with van der Waals surface area (Å²) in [6.07, 6.45) is 0.828. The Balaban J connectivity index is 1.63. The monoisotopic (exact) mass is 561 g/mol. The zero-order chi connectivity index (χ0) is 26.1. The Morgan fingerprint density at radius 1 is 1.05 bits per heavy atom. The van der Waals surface area contributed by atoms with Gasteiger partial charge in [-0.2, -0.15) is 0 Å². The number of benzene rings is 3. The van der Waals surface area contributed by atoms with Crippen LogP contribution in [-0.2, 0) is 4.79 Å². The van der Waals surface area contributed by atoms with Crippen molar-refractivity contribution in [3.63, 3.8) is 0 Å². The van der Waals surface area contributed by atoms with Crippen molar-refractivity contribution >= 4 is 44.3 Å². The van der Waals surface area contributed by atoms with Crippen LogP contribution in [0.3, 0.4) is 0 Å². The van der Waals surface area contributed by atoms with Crippen molar-refractivity contribution < 1.29 is 28.6 Å². The number of carbonyl (C=O) groups is 2. The third-order valence-corrected chi connectivity index (χ3v) is 6.63. The summed E-state index contributed by atoms with van der Waals surface area (Å²) in [5, 5.41) is 11.8. The van der Waals surface area contributed by atoms with Crippen LogP contribution in [0.2, 0.25) is 0 Å². The first kappa shape index (κ1) is 24.6. The molecule has 4 aromatic rings. The minimum Gasteiger partial charge on any atom is -0.503 e. The van der Waals surface area contributed by atoms with Crippen LogP contribution in [0.5, 0.6) is 11.5 Å². The van der Waals surface area contributed by atoms with E-state index < -0.39 is 23.5 Å². The quantitative estimate of drug-likeness (QED) is 0.238. The third-order valence-electron chi connectivity index (χ3n) is 6.13. The number of nitrogens with zero attached hydrogens (tertiary/aromatic N) is 1. The molecule has 1 unspecified atom stereocenters. The number of rotatable bonds is 8. The van der Waals surface area contributed by atoms with Crippen LogP contribution in [0.1, 0.15) is 35.5 Å². The maximum absolute atomic E-state index is 13.8. The predicted octanol–water partition coefficient (Wildman–Crippen LogP) is 6.78. The first-order valence-corrected chi connectivity index (χ1v) is 12.6. The van der Waals surface area contributed by atoms with E-state index in [0.29, 0.717) is 34.9 Å². The Labute approximate surface area is 222 Å². The number of ether oxygens (including phenoxy) is 2. The van der Waals surface area contributed by atoms with Gasteiger partial charge in [0.1, 0.15) is 17.1 Å². The number of furan rings is 1. The normalized spacial score (nSPS) is 15.5. The SMILES string of the molecule is CCCOc1cccc(N2C(=O)C(O)=C(C(=O)c3cc4cc(Br)ccc4o3)C2c2cccc(OC)c2)c1. The largest absolute Gasteiger partial charge is 0.503 e. The van der Waals surface area contributed by atoms with Crippen molar-refractivity contribution in [3.8, 4) is 11.5 Å². The van der Waals surface area contributed by atoms with Gasteiger partial charge in [0, 0.05) is 21.6 Å². The first-order valence-electron chi connectivity index (χ1n) is 11.8. The molecule has 1 aliphatic rings. The Hall–Kier alpha value is -4.04. The summed E-state index contributed by atoms with van der Waals surface area (Å²) >= 11 is 3.42. The highest BCUT2D eigenvalue weighted by Crippen LogP contribution is 2.43. The van der Waals surface area contributed by atoms with E-state index >= 15 is 0 Å². The van der Waals surface area contributed by atoms with E-state index in [9.17, 15) is 14.7 Å². The van der Waals surface area contributed by atoms with E-state index in [1.807, 2.05) is 19.1 Å². The molecule has 8 heteroatoms. The highest BCUT2D eigenvalue weighted by Gasteiger charge is 2.45. The van der Waals surface area contributed by atoms with E-state index in [4.69, 9.17) is 13.9 Å². The number of carbonyl (C=O) groups excluding carboxylic acids is 2. The van der Waals surface area contributed by atoms with Crippen molar-refractivity contribution in [1.29, 1.82) is 0 Å². The number of hydrogen-bond donors (Lipinski definition) is 1. The van der Waals surface area contributed by atoms with Crippen LogP contribution < -0.4 is 14.4 Å². The first-order chi connectivity index (χ1) is 17.9. The molecular weight excluding hydrogens is 538 g/mol. The van der Waals surface area contributed by atoms with Crippen LogP contribution in [-0.4, -0.2) is 30.5 Å². The van der Waals surface area contributed by atoms with E-state index in [2.05, 4.69) is 15.9 Å². The molecular formula is C29H24BrNO6. The minimum absolute atomic E-state index is 0.0252. The number of amides is 1. The van der Waals surface area contributed by atoms with Gasteiger partial charge in [-0.05, 0) is 60.5 Å². The smallest absolute Gasteiger partial charge is 0.294 e. The standard InChI is InChI=1S/C29H24BrNO6/c1-3-12-36-22-9-5-7-20(16-22)31-26(17-6-4-8-21(14-17)35-2)25(28(33)29(31)34)27(32)24-15-18-13-19(30)10-11-23(18)37-24/h4-11,13-16,26,33H,3,12H2,1-2H3. The molecule has 0 fully saturated rings. The summed E-state index contributed by atoms with van der Waals surface area (Å²) in [6.45, 7) is 2.52. The second kappa shape index (κ2) is 10.1. The zero-order valence-corrected chi connectivity index (χ0v) is 21.8. The summed E-state index contributed by atoms with van der Waals surface area (Å²) in [4.78, 5) is 28.7. The van der Waals surface area contributed by atoms with Crippen molar-refractivity contribution in [1.82, 2.24) is 0 Å². The number of anilines is 1. The van der Waals surface area contributed by atoms with E-state index in [1.54, 1.807) is 60.7 Å². The molecule has 5 rings (SSSR count). The number of fused-ring (bicyclic) bond motifs is 1. The molecule has 37 heavy (non-hydrogen) atoms. The van der Waals surface area contributed by atoms with Gasteiger partial charge in [-0.1, -0.05) is 41.1 Å². The lowest BCUT2D eigenvalue weighted by Crippen LogP contribution is -2.31. The molecule has 1 amide bonds. The molecule has 1 aromatic heterocycles. The maximum Gasteiger partial charge on any atom is 0.294 e. The molecule has 0 spiro atoms. The highest BCUT2D eigenvalue weighted by molar-refractivity contribution is 9.10. The fourth-order valence-electron chi connectivity index (χ4n) is 4.43. The molecule has 0 radical (unpaired) electrons. The van der Waals surface area contributed by atoms with Crippen LogP contribution in [0, 0.1) is 0 Å². The summed E-state index contributed by atoms with van der Waals surface area (Å²) in [5.41, 5.74) is 1.52. The second-order valence-corrected chi connectivity index (χ2v) is 9.50. The second-order valence-electron chi connectivity index (χ2n) is 8.58. The molecule has 1 atom stereocenters. The zero-order valence-electron chi connectivity index (χ0n) is 20.2. The van der Waals surface area contributed by atoms with Gasteiger partial charge >= 0.3 is 0 Å². The molecule has 0 saturated heterocycles. The summed E-state index contributed by atoms with van der Waals surface area (Å²) in [6, 6.07) is 20.2. The van der Waals surface area contributed by atoms with Crippen molar-refractivity contribution in [3.05, 3.63) is 99.9 Å². The lowest BCUT2D eigenvalue weighted by atomic mass is 9.94. The van der Waals surface area contributed by atoms with Crippen molar-refractivity contribution in [2.75, 3.05) is 18.6 Å². The van der Waals surface area contributed by atoms with Crippen molar-refractivity contribution in [2.45, 2.75) is 19.4 Å². The number of Topliss-reactive ketones (excluding diaryl/α,β-unsaturated/α-hetero) is 1. The average Bonchev–Trinajstić information content (AvgIpc) is 3.45. The number of hydrogen-bond acceptors (Lipinski definition) is 6. The Bertz CT molecular complexity index is 1540. The van der Waals surface area contributed by atoms with E-state index in [1.165, 1.54) is 12.0 Å². The van der Waals surface area contributed by atoms with Gasteiger partial charge in [0.25, 0.3) is 5.91 Å². The van der Waals surface area contributed by atoms with Gasteiger partial charge in [0.2, 0.25) is 5.78 Å². The topological polar surface area (TPSA) is 89.2 Å².